The Kier molecular flexibility index (Phi) is 3.91. The van der Waals surface area contributed by atoms with Crippen LogP contribution in [0.1, 0.15) is 37.8 Å². The van der Waals surface area contributed by atoms with Gasteiger partial charge >= 0.3 is 6.03 Å². The SMILES string of the molecule is COc1cc2c(c(OC)c1)C(C)(C)C=C1N(C2)C(=O)NC12CCNCC2. The number of benzene rings is 1. The minimum atomic E-state index is -0.265. The van der Waals surface area contributed by atoms with Crippen LogP contribution in [0, 0.1) is 0 Å². The number of nitrogens with zero attached hydrogens (tertiary/aromatic N) is 1. The summed E-state index contributed by atoms with van der Waals surface area (Å²) in [5.74, 6) is 1.55. The number of methoxy groups -OCH3 is 2. The topological polar surface area (TPSA) is 62.8 Å². The maximum absolute atomic E-state index is 12.9. The Morgan fingerprint density at radius 1 is 1.12 bits per heavy atom. The third kappa shape index (κ3) is 2.47. The van der Waals surface area contributed by atoms with E-state index in [1.165, 1.54) is 0 Å². The third-order valence-electron chi connectivity index (χ3n) is 5.91. The van der Waals surface area contributed by atoms with Crippen molar-refractivity contribution in [1.29, 1.82) is 0 Å². The third-order valence-corrected chi connectivity index (χ3v) is 5.91. The largest absolute Gasteiger partial charge is 0.497 e. The molecule has 6 heteroatoms. The van der Waals surface area contributed by atoms with E-state index in [2.05, 4.69) is 30.6 Å². The minimum Gasteiger partial charge on any atom is -0.497 e. The zero-order chi connectivity index (χ0) is 18.5. The number of nitrogens with one attached hydrogen (secondary N) is 2. The molecule has 0 bridgehead atoms. The fraction of sp³-hybridized carbons (Fsp3) is 0.550. The Hall–Kier alpha value is -2.21. The average molecular weight is 357 g/mol. The summed E-state index contributed by atoms with van der Waals surface area (Å²) in [6, 6.07) is 3.94. The molecule has 2 fully saturated rings. The van der Waals surface area contributed by atoms with Crippen molar-refractivity contribution in [3.63, 3.8) is 0 Å². The second-order valence-electron chi connectivity index (χ2n) is 7.96. The van der Waals surface area contributed by atoms with Gasteiger partial charge in [0.1, 0.15) is 11.5 Å². The van der Waals surface area contributed by atoms with E-state index in [-0.39, 0.29) is 17.0 Å². The zero-order valence-electron chi connectivity index (χ0n) is 15.9. The monoisotopic (exact) mass is 357 g/mol. The molecule has 1 aromatic carbocycles. The lowest BCUT2D eigenvalue weighted by Gasteiger charge is -2.36. The molecule has 0 saturated carbocycles. The Morgan fingerprint density at radius 3 is 2.50 bits per heavy atom. The molecule has 0 aromatic heterocycles. The van der Waals surface area contributed by atoms with Crippen LogP contribution in [0.3, 0.4) is 0 Å². The molecule has 26 heavy (non-hydrogen) atoms. The first-order chi connectivity index (χ1) is 12.4. The van der Waals surface area contributed by atoms with Gasteiger partial charge < -0.3 is 20.1 Å². The highest BCUT2D eigenvalue weighted by Gasteiger charge is 2.50. The van der Waals surface area contributed by atoms with E-state index in [0.717, 1.165) is 54.3 Å². The molecule has 3 heterocycles. The number of carbonyl (C=O) groups excluding carboxylic acids is 1. The lowest BCUT2D eigenvalue weighted by Crippen LogP contribution is -2.50. The molecule has 0 aliphatic carbocycles. The molecule has 0 unspecified atom stereocenters. The lowest BCUT2D eigenvalue weighted by molar-refractivity contribution is 0.220. The number of rotatable bonds is 2. The van der Waals surface area contributed by atoms with Crippen LogP contribution in [0.25, 0.3) is 0 Å². The van der Waals surface area contributed by atoms with Gasteiger partial charge in [-0.15, -0.1) is 0 Å². The van der Waals surface area contributed by atoms with Crippen LogP contribution in [0.2, 0.25) is 0 Å². The second-order valence-corrected chi connectivity index (χ2v) is 7.96. The molecule has 140 valence electrons. The molecule has 1 spiro atoms. The van der Waals surface area contributed by atoms with Gasteiger partial charge in [0, 0.05) is 22.7 Å². The maximum Gasteiger partial charge on any atom is 0.322 e. The molecule has 0 atom stereocenters. The number of carbonyl (C=O) groups is 1. The highest BCUT2D eigenvalue weighted by molar-refractivity contribution is 5.83. The Balaban J connectivity index is 1.89. The van der Waals surface area contributed by atoms with Gasteiger partial charge in [-0.05, 0) is 37.6 Å². The summed E-state index contributed by atoms with van der Waals surface area (Å²) in [4.78, 5) is 14.8. The van der Waals surface area contributed by atoms with Crippen molar-refractivity contribution in [3.05, 3.63) is 35.0 Å². The minimum absolute atomic E-state index is 0.0106. The van der Waals surface area contributed by atoms with Gasteiger partial charge in [-0.2, -0.15) is 0 Å². The van der Waals surface area contributed by atoms with Crippen molar-refractivity contribution in [2.45, 2.75) is 44.2 Å². The van der Waals surface area contributed by atoms with Crippen molar-refractivity contribution < 1.29 is 14.3 Å². The quantitative estimate of drug-likeness (QED) is 0.854. The number of fused-ring (bicyclic) bond motifs is 3. The van der Waals surface area contributed by atoms with E-state index >= 15 is 0 Å². The van der Waals surface area contributed by atoms with Gasteiger partial charge in [0.25, 0.3) is 0 Å². The van der Waals surface area contributed by atoms with Gasteiger partial charge in [-0.3, -0.25) is 4.90 Å². The summed E-state index contributed by atoms with van der Waals surface area (Å²) < 4.78 is 11.1. The highest BCUT2D eigenvalue weighted by atomic mass is 16.5. The predicted octanol–water partition coefficient (Wildman–Crippen LogP) is 2.53. The Labute approximate surface area is 154 Å². The highest BCUT2D eigenvalue weighted by Crippen LogP contribution is 2.46. The van der Waals surface area contributed by atoms with E-state index in [4.69, 9.17) is 9.47 Å². The van der Waals surface area contributed by atoms with Crippen molar-refractivity contribution in [2.24, 2.45) is 0 Å². The van der Waals surface area contributed by atoms with Crippen LogP contribution in [0.5, 0.6) is 11.5 Å². The summed E-state index contributed by atoms with van der Waals surface area (Å²) in [7, 11) is 3.34. The lowest BCUT2D eigenvalue weighted by atomic mass is 9.78. The fourth-order valence-electron chi connectivity index (χ4n) is 4.68. The van der Waals surface area contributed by atoms with Gasteiger partial charge in [0.2, 0.25) is 0 Å². The number of hydrogen-bond acceptors (Lipinski definition) is 4. The Morgan fingerprint density at radius 2 is 1.85 bits per heavy atom. The first-order valence-electron chi connectivity index (χ1n) is 9.19. The second kappa shape index (κ2) is 5.91. The fourth-order valence-corrected chi connectivity index (χ4v) is 4.68. The van der Waals surface area contributed by atoms with Crippen molar-refractivity contribution >= 4 is 6.03 Å². The van der Waals surface area contributed by atoms with Crippen LogP contribution in [0.4, 0.5) is 4.79 Å². The summed E-state index contributed by atoms with van der Waals surface area (Å²) in [6.45, 7) is 6.73. The van der Waals surface area contributed by atoms with Crippen molar-refractivity contribution in [1.82, 2.24) is 15.5 Å². The summed E-state index contributed by atoms with van der Waals surface area (Å²) in [5.41, 5.74) is 2.77. The van der Waals surface area contributed by atoms with E-state index in [1.807, 2.05) is 17.0 Å². The van der Waals surface area contributed by atoms with Gasteiger partial charge in [-0.1, -0.05) is 19.9 Å². The summed E-state index contributed by atoms with van der Waals surface area (Å²) in [5, 5.41) is 6.68. The van der Waals surface area contributed by atoms with E-state index < -0.39 is 0 Å². The van der Waals surface area contributed by atoms with Crippen LogP contribution in [0.15, 0.2) is 23.9 Å². The summed E-state index contributed by atoms with van der Waals surface area (Å²) in [6.07, 6.45) is 4.08. The molecule has 1 aromatic rings. The molecule has 0 radical (unpaired) electrons. The van der Waals surface area contributed by atoms with Crippen LogP contribution < -0.4 is 20.1 Å². The van der Waals surface area contributed by atoms with Gasteiger partial charge in [-0.25, -0.2) is 4.79 Å². The molecule has 4 rings (SSSR count). The van der Waals surface area contributed by atoms with E-state index in [9.17, 15) is 4.79 Å². The molecular weight excluding hydrogens is 330 g/mol. The average Bonchev–Trinajstić information content (AvgIpc) is 2.77. The Bertz CT molecular complexity index is 779. The molecule has 6 nitrogen and oxygen atoms in total. The number of ether oxygens (including phenoxy) is 2. The first kappa shape index (κ1) is 17.2. The van der Waals surface area contributed by atoms with Crippen molar-refractivity contribution in [3.8, 4) is 11.5 Å². The van der Waals surface area contributed by atoms with E-state index in [0.29, 0.717) is 6.54 Å². The normalized spacial score (nSPS) is 22.8. The molecular formula is C20H27N3O3. The number of urea groups is 1. The molecule has 3 aliphatic rings. The molecule has 2 amide bonds. The van der Waals surface area contributed by atoms with Gasteiger partial charge in [0.05, 0.1) is 26.3 Å². The maximum atomic E-state index is 12.9. The summed E-state index contributed by atoms with van der Waals surface area (Å²) >= 11 is 0. The number of hydrogen-bond donors (Lipinski definition) is 2. The molecule has 2 N–H and O–H groups in total. The van der Waals surface area contributed by atoms with Crippen LogP contribution in [-0.2, 0) is 12.0 Å². The standard InChI is InChI=1S/C20H27N3O3/c1-19(2)11-16-20(5-7-21-8-6-20)22-18(24)23(16)12-13-9-14(25-3)10-15(26-4)17(13)19/h9-11,21H,5-8,12H2,1-4H3,(H,22,24). The zero-order valence-corrected chi connectivity index (χ0v) is 15.9. The smallest absolute Gasteiger partial charge is 0.322 e. The first-order valence-corrected chi connectivity index (χ1v) is 9.19. The van der Waals surface area contributed by atoms with Crippen LogP contribution >= 0.6 is 0 Å². The number of piperidine rings is 1. The van der Waals surface area contributed by atoms with Gasteiger partial charge in [0.15, 0.2) is 0 Å². The van der Waals surface area contributed by atoms with Crippen molar-refractivity contribution in [2.75, 3.05) is 27.3 Å². The predicted molar refractivity (Wildman–Crippen MR) is 99.6 cm³/mol. The van der Waals surface area contributed by atoms with Crippen LogP contribution in [-0.4, -0.2) is 43.8 Å². The number of allylic oxidation sites excluding steroid dienone is 1. The number of amides is 2. The van der Waals surface area contributed by atoms with E-state index in [1.54, 1.807) is 14.2 Å². The molecule has 3 aliphatic heterocycles. The molecule has 2 saturated heterocycles.